The van der Waals surface area contributed by atoms with Crippen LogP contribution in [0.2, 0.25) is 0 Å². The molecule has 2 rings (SSSR count). The normalized spacial score (nSPS) is 12.3. The molecule has 0 radical (unpaired) electrons. The van der Waals surface area contributed by atoms with Crippen molar-refractivity contribution in [1.82, 2.24) is 10.3 Å². The highest BCUT2D eigenvalue weighted by atomic mass is 16.4. The van der Waals surface area contributed by atoms with E-state index < -0.39 is 0 Å². The van der Waals surface area contributed by atoms with Crippen LogP contribution in [0.5, 0.6) is 0 Å². The second kappa shape index (κ2) is 7.51. The molecule has 0 fully saturated rings. The zero-order valence-corrected chi connectivity index (χ0v) is 15.4. The maximum atomic E-state index is 12.5. The largest absolute Gasteiger partial charge is 0.444 e. The Balaban J connectivity index is 2.09. The molecule has 1 heterocycles. The van der Waals surface area contributed by atoms with Crippen molar-refractivity contribution in [2.75, 3.05) is 5.32 Å². The number of hydrogen-bond donors (Lipinski definition) is 2. The summed E-state index contributed by atoms with van der Waals surface area (Å²) < 4.78 is 5.50. The fourth-order valence-electron chi connectivity index (χ4n) is 2.32. The third-order valence-electron chi connectivity index (χ3n) is 4.43. The number of benzene rings is 1. The van der Waals surface area contributed by atoms with Crippen molar-refractivity contribution in [2.24, 2.45) is 5.92 Å². The highest BCUT2D eigenvalue weighted by molar-refractivity contribution is 5.96. The molecule has 2 aromatic rings. The smallest absolute Gasteiger partial charge is 0.252 e. The maximum absolute atomic E-state index is 12.5. The number of aryl methyl sites for hydroxylation is 2. The van der Waals surface area contributed by atoms with E-state index in [-0.39, 0.29) is 12.5 Å². The molecule has 24 heavy (non-hydrogen) atoms. The molecule has 1 aromatic carbocycles. The first-order chi connectivity index (χ1) is 11.3. The Morgan fingerprint density at radius 2 is 1.92 bits per heavy atom. The highest BCUT2D eigenvalue weighted by Gasteiger charge is 2.15. The van der Waals surface area contributed by atoms with Gasteiger partial charge in [0.2, 0.25) is 5.89 Å². The third kappa shape index (κ3) is 4.16. The number of oxazole rings is 1. The van der Waals surface area contributed by atoms with Gasteiger partial charge in [0.05, 0.1) is 12.2 Å². The van der Waals surface area contributed by atoms with Crippen molar-refractivity contribution >= 4 is 11.6 Å². The lowest BCUT2D eigenvalue weighted by Crippen LogP contribution is -2.25. The molecule has 130 valence electrons. The minimum Gasteiger partial charge on any atom is -0.444 e. The molecule has 0 saturated heterocycles. The van der Waals surface area contributed by atoms with Crippen LogP contribution in [0.15, 0.2) is 22.6 Å². The molecule has 0 bridgehead atoms. The zero-order valence-electron chi connectivity index (χ0n) is 15.4. The maximum Gasteiger partial charge on any atom is 0.252 e. The average Bonchev–Trinajstić information content (AvgIpc) is 2.85. The van der Waals surface area contributed by atoms with Crippen molar-refractivity contribution in [3.8, 4) is 0 Å². The number of rotatable bonds is 6. The first-order valence-corrected chi connectivity index (χ1v) is 8.36. The van der Waals surface area contributed by atoms with Gasteiger partial charge in [-0.25, -0.2) is 4.98 Å². The molecule has 1 amide bonds. The number of hydrogen-bond acceptors (Lipinski definition) is 4. The van der Waals surface area contributed by atoms with Gasteiger partial charge in [-0.05, 0) is 51.3 Å². The quantitative estimate of drug-likeness (QED) is 0.841. The predicted octanol–water partition coefficient (Wildman–Crippen LogP) is 3.99. The Hall–Kier alpha value is -2.30. The molecule has 0 aliphatic carbocycles. The SMILES string of the molecule is Cc1nc(CNC(=O)c2cccc(N[C@@H](C)C(C)C)c2C)oc1C. The van der Waals surface area contributed by atoms with E-state index >= 15 is 0 Å². The number of amides is 1. The van der Waals surface area contributed by atoms with Gasteiger partial charge in [-0.1, -0.05) is 19.9 Å². The van der Waals surface area contributed by atoms with Crippen molar-refractivity contribution < 1.29 is 9.21 Å². The van der Waals surface area contributed by atoms with E-state index in [0.29, 0.717) is 23.4 Å². The van der Waals surface area contributed by atoms with Crippen molar-refractivity contribution in [3.63, 3.8) is 0 Å². The van der Waals surface area contributed by atoms with Gasteiger partial charge in [0.15, 0.2) is 0 Å². The van der Waals surface area contributed by atoms with Crippen LogP contribution >= 0.6 is 0 Å². The Morgan fingerprint density at radius 3 is 2.50 bits per heavy atom. The summed E-state index contributed by atoms with van der Waals surface area (Å²) in [6, 6.07) is 6.07. The van der Waals surface area contributed by atoms with E-state index in [1.807, 2.05) is 39.0 Å². The Kier molecular flexibility index (Phi) is 5.65. The number of carbonyl (C=O) groups excluding carboxylic acids is 1. The molecule has 2 N–H and O–H groups in total. The monoisotopic (exact) mass is 329 g/mol. The summed E-state index contributed by atoms with van der Waals surface area (Å²) in [6.07, 6.45) is 0. The lowest BCUT2D eigenvalue weighted by molar-refractivity contribution is 0.0946. The minimum absolute atomic E-state index is 0.123. The summed E-state index contributed by atoms with van der Waals surface area (Å²) in [5.74, 6) is 1.70. The van der Waals surface area contributed by atoms with Crippen LogP contribution in [0, 0.1) is 26.7 Å². The van der Waals surface area contributed by atoms with Crippen LogP contribution in [0.25, 0.3) is 0 Å². The third-order valence-corrected chi connectivity index (χ3v) is 4.43. The summed E-state index contributed by atoms with van der Waals surface area (Å²) >= 11 is 0. The lowest BCUT2D eigenvalue weighted by atomic mass is 10.0. The number of nitrogens with one attached hydrogen (secondary N) is 2. The van der Waals surface area contributed by atoms with Crippen LogP contribution in [0.1, 0.15) is 54.0 Å². The summed E-state index contributed by atoms with van der Waals surface area (Å²) in [7, 11) is 0. The second-order valence-corrected chi connectivity index (χ2v) is 6.59. The number of anilines is 1. The van der Waals surface area contributed by atoms with Gasteiger partial charge in [0, 0.05) is 17.3 Å². The summed E-state index contributed by atoms with van der Waals surface area (Å²) in [4.78, 5) is 16.8. The molecule has 5 nitrogen and oxygen atoms in total. The van der Waals surface area contributed by atoms with Crippen molar-refractivity contribution in [2.45, 2.75) is 54.1 Å². The fourth-order valence-corrected chi connectivity index (χ4v) is 2.32. The number of nitrogens with zero attached hydrogens (tertiary/aromatic N) is 1. The van der Waals surface area contributed by atoms with Crippen LogP contribution in [-0.4, -0.2) is 16.9 Å². The van der Waals surface area contributed by atoms with Gasteiger partial charge in [0.1, 0.15) is 5.76 Å². The van der Waals surface area contributed by atoms with Gasteiger partial charge in [-0.2, -0.15) is 0 Å². The van der Waals surface area contributed by atoms with E-state index in [1.54, 1.807) is 0 Å². The Morgan fingerprint density at radius 1 is 1.21 bits per heavy atom. The molecule has 1 atom stereocenters. The second-order valence-electron chi connectivity index (χ2n) is 6.59. The molecule has 0 spiro atoms. The Labute approximate surface area is 143 Å². The van der Waals surface area contributed by atoms with Crippen molar-refractivity contribution in [1.29, 1.82) is 0 Å². The highest BCUT2D eigenvalue weighted by Crippen LogP contribution is 2.21. The summed E-state index contributed by atoms with van der Waals surface area (Å²) in [5.41, 5.74) is 3.45. The van der Waals surface area contributed by atoms with Gasteiger partial charge < -0.3 is 15.1 Å². The molecule has 0 unspecified atom stereocenters. The lowest BCUT2D eigenvalue weighted by Gasteiger charge is -2.21. The molecule has 0 aliphatic heterocycles. The van der Waals surface area contributed by atoms with Crippen LogP contribution in [-0.2, 0) is 6.54 Å². The molecule has 1 aromatic heterocycles. The topological polar surface area (TPSA) is 67.2 Å². The molecular weight excluding hydrogens is 302 g/mol. The zero-order chi connectivity index (χ0) is 17.9. The van der Waals surface area contributed by atoms with Crippen LogP contribution in [0.3, 0.4) is 0 Å². The van der Waals surface area contributed by atoms with Crippen LogP contribution in [0.4, 0.5) is 5.69 Å². The first kappa shape index (κ1) is 18.0. The number of carbonyl (C=O) groups is 1. The van der Waals surface area contributed by atoms with E-state index in [1.165, 1.54) is 0 Å². The number of aromatic nitrogens is 1. The standard InChI is InChI=1S/C19H27N3O2/c1-11(2)13(4)21-17-9-7-8-16(12(17)3)19(23)20-10-18-22-14(5)15(6)24-18/h7-9,11,13,21H,10H2,1-6H3,(H,20,23)/t13-/m0/s1. The molecule has 0 saturated carbocycles. The predicted molar refractivity (Wildman–Crippen MR) is 96.2 cm³/mol. The minimum atomic E-state index is -0.123. The van der Waals surface area contributed by atoms with Gasteiger partial charge in [0.25, 0.3) is 5.91 Å². The van der Waals surface area contributed by atoms with E-state index in [4.69, 9.17) is 4.42 Å². The first-order valence-electron chi connectivity index (χ1n) is 8.36. The molecule has 0 aliphatic rings. The summed E-state index contributed by atoms with van der Waals surface area (Å²) in [5, 5.41) is 6.36. The van der Waals surface area contributed by atoms with E-state index in [2.05, 4.69) is 36.4 Å². The summed E-state index contributed by atoms with van der Waals surface area (Å²) in [6.45, 7) is 12.5. The van der Waals surface area contributed by atoms with E-state index in [9.17, 15) is 4.79 Å². The van der Waals surface area contributed by atoms with Gasteiger partial charge in [-0.3, -0.25) is 4.79 Å². The Bertz CT molecular complexity index is 700. The molecule has 5 heteroatoms. The van der Waals surface area contributed by atoms with Gasteiger partial charge >= 0.3 is 0 Å². The van der Waals surface area contributed by atoms with E-state index in [0.717, 1.165) is 22.7 Å². The molecular formula is C19H27N3O2. The van der Waals surface area contributed by atoms with Crippen molar-refractivity contribution in [3.05, 3.63) is 46.7 Å². The average molecular weight is 329 g/mol. The van der Waals surface area contributed by atoms with Crippen LogP contribution < -0.4 is 10.6 Å². The fraction of sp³-hybridized carbons (Fsp3) is 0.474. The van der Waals surface area contributed by atoms with Gasteiger partial charge in [-0.15, -0.1) is 0 Å².